The van der Waals surface area contributed by atoms with Gasteiger partial charge in [-0.3, -0.25) is 0 Å². The second kappa shape index (κ2) is 5.00. The number of nitrogens with two attached hydrogens (primary N) is 1. The van der Waals surface area contributed by atoms with Crippen LogP contribution in [0.2, 0.25) is 5.02 Å². The van der Waals surface area contributed by atoms with E-state index in [4.69, 9.17) is 17.4 Å². The number of anilines is 1. The Labute approximate surface area is 111 Å². The van der Waals surface area contributed by atoms with Crippen LogP contribution in [0.25, 0.3) is 0 Å². The normalized spacial score (nSPS) is 16.7. The van der Waals surface area contributed by atoms with Gasteiger partial charge in [0.05, 0.1) is 5.02 Å². The predicted octanol–water partition coefficient (Wildman–Crippen LogP) is 1.19. The Morgan fingerprint density at radius 1 is 1.56 bits per heavy atom. The summed E-state index contributed by atoms with van der Waals surface area (Å²) in [7, 11) is -1.94. The standard InChI is InChI=1S/C10H15ClN4O2S/c1-15(7-3-2-4-7)18(16,17)8-5-9(11)10(14-12)13-6-8/h5-7H,2-4,12H2,1H3,(H,13,14). The summed E-state index contributed by atoms with van der Waals surface area (Å²) in [5.41, 5.74) is 2.30. The molecule has 0 aliphatic heterocycles. The minimum atomic E-state index is -3.53. The van der Waals surface area contributed by atoms with E-state index < -0.39 is 10.0 Å². The summed E-state index contributed by atoms with van der Waals surface area (Å²) in [5, 5.41) is 0.181. The molecule has 0 atom stereocenters. The van der Waals surface area contributed by atoms with Gasteiger partial charge in [-0.15, -0.1) is 0 Å². The minimum Gasteiger partial charge on any atom is -0.307 e. The van der Waals surface area contributed by atoms with Crippen molar-refractivity contribution in [3.63, 3.8) is 0 Å². The van der Waals surface area contributed by atoms with E-state index in [1.165, 1.54) is 16.6 Å². The van der Waals surface area contributed by atoms with Gasteiger partial charge < -0.3 is 5.43 Å². The highest BCUT2D eigenvalue weighted by Crippen LogP contribution is 2.30. The molecule has 1 aromatic rings. The Kier molecular flexibility index (Phi) is 3.76. The maximum Gasteiger partial charge on any atom is 0.244 e. The third-order valence-corrected chi connectivity index (χ3v) is 5.38. The highest BCUT2D eigenvalue weighted by atomic mass is 35.5. The zero-order valence-corrected chi connectivity index (χ0v) is 11.5. The number of hydrazine groups is 1. The molecule has 1 aliphatic rings. The zero-order valence-electron chi connectivity index (χ0n) is 9.93. The van der Waals surface area contributed by atoms with Gasteiger partial charge in [-0.05, 0) is 18.9 Å². The lowest BCUT2D eigenvalue weighted by molar-refractivity contribution is 0.249. The summed E-state index contributed by atoms with van der Waals surface area (Å²) in [6.45, 7) is 0. The second-order valence-corrected chi connectivity index (χ2v) is 6.66. The second-order valence-electron chi connectivity index (χ2n) is 4.25. The molecule has 1 fully saturated rings. The maximum absolute atomic E-state index is 12.3. The van der Waals surface area contributed by atoms with Crippen molar-refractivity contribution in [1.29, 1.82) is 0 Å². The number of hydrogen-bond donors (Lipinski definition) is 2. The molecule has 1 saturated carbocycles. The summed E-state index contributed by atoms with van der Waals surface area (Å²) in [4.78, 5) is 3.96. The van der Waals surface area contributed by atoms with Crippen LogP contribution in [0.5, 0.6) is 0 Å². The summed E-state index contributed by atoms with van der Waals surface area (Å²) < 4.78 is 26.0. The first kappa shape index (κ1) is 13.5. The average Bonchev–Trinajstić information content (AvgIpc) is 2.26. The fraction of sp³-hybridized carbons (Fsp3) is 0.500. The monoisotopic (exact) mass is 290 g/mol. The summed E-state index contributed by atoms with van der Waals surface area (Å²) in [6, 6.07) is 1.44. The van der Waals surface area contributed by atoms with Gasteiger partial charge in [0.2, 0.25) is 10.0 Å². The lowest BCUT2D eigenvalue weighted by Crippen LogP contribution is -2.41. The molecule has 0 amide bonds. The lowest BCUT2D eigenvalue weighted by atomic mass is 9.94. The Balaban J connectivity index is 2.31. The molecule has 2 rings (SSSR count). The molecule has 6 nitrogen and oxygen atoms in total. The molecule has 0 spiro atoms. The van der Waals surface area contributed by atoms with Crippen LogP contribution < -0.4 is 11.3 Å². The van der Waals surface area contributed by atoms with E-state index in [2.05, 4.69) is 10.4 Å². The lowest BCUT2D eigenvalue weighted by Gasteiger charge is -2.33. The first-order chi connectivity index (χ1) is 8.46. The van der Waals surface area contributed by atoms with Gasteiger partial charge >= 0.3 is 0 Å². The van der Waals surface area contributed by atoms with E-state index in [9.17, 15) is 8.42 Å². The largest absolute Gasteiger partial charge is 0.307 e. The molecule has 1 aliphatic carbocycles. The van der Waals surface area contributed by atoms with Crippen LogP contribution in [-0.2, 0) is 10.0 Å². The van der Waals surface area contributed by atoms with Crippen LogP contribution in [-0.4, -0.2) is 30.8 Å². The van der Waals surface area contributed by atoms with Crippen molar-refractivity contribution in [1.82, 2.24) is 9.29 Å². The molecule has 0 bridgehead atoms. The third-order valence-electron chi connectivity index (χ3n) is 3.22. The van der Waals surface area contributed by atoms with E-state index in [0.717, 1.165) is 19.3 Å². The van der Waals surface area contributed by atoms with E-state index in [1.54, 1.807) is 7.05 Å². The van der Waals surface area contributed by atoms with E-state index >= 15 is 0 Å². The van der Waals surface area contributed by atoms with Crippen molar-refractivity contribution in [3.05, 3.63) is 17.3 Å². The van der Waals surface area contributed by atoms with Gasteiger partial charge in [0, 0.05) is 19.3 Å². The Morgan fingerprint density at radius 3 is 2.67 bits per heavy atom. The van der Waals surface area contributed by atoms with Gasteiger partial charge in [0.25, 0.3) is 0 Å². The number of nitrogens with zero attached hydrogens (tertiary/aromatic N) is 2. The van der Waals surface area contributed by atoms with Gasteiger partial charge in [0.15, 0.2) is 5.82 Å². The molecule has 0 unspecified atom stereocenters. The molecule has 100 valence electrons. The summed E-state index contributed by atoms with van der Waals surface area (Å²) in [6.07, 6.45) is 4.13. The van der Waals surface area contributed by atoms with Crippen LogP contribution in [0.4, 0.5) is 5.82 Å². The molecule has 1 heterocycles. The smallest absolute Gasteiger partial charge is 0.244 e. The third kappa shape index (κ3) is 2.31. The van der Waals surface area contributed by atoms with Crippen molar-refractivity contribution >= 4 is 27.4 Å². The fourth-order valence-electron chi connectivity index (χ4n) is 1.78. The number of aromatic nitrogens is 1. The van der Waals surface area contributed by atoms with Crippen LogP contribution in [0.1, 0.15) is 19.3 Å². The summed E-state index contributed by atoms with van der Waals surface area (Å²) in [5.74, 6) is 5.44. The molecular formula is C10H15ClN4O2S. The van der Waals surface area contributed by atoms with Gasteiger partial charge in [-0.1, -0.05) is 18.0 Å². The first-order valence-electron chi connectivity index (χ1n) is 5.57. The Hall–Kier alpha value is -0.890. The first-order valence-corrected chi connectivity index (χ1v) is 7.39. The molecule has 1 aromatic heterocycles. The van der Waals surface area contributed by atoms with Gasteiger partial charge in [-0.25, -0.2) is 19.2 Å². The molecule has 0 saturated heterocycles. The molecule has 8 heteroatoms. The van der Waals surface area contributed by atoms with E-state index in [-0.39, 0.29) is 21.8 Å². The highest BCUT2D eigenvalue weighted by Gasteiger charge is 2.32. The number of sulfonamides is 1. The fourth-order valence-corrected chi connectivity index (χ4v) is 3.45. The molecule has 0 radical (unpaired) electrons. The molecular weight excluding hydrogens is 276 g/mol. The topological polar surface area (TPSA) is 88.3 Å². The maximum atomic E-state index is 12.3. The number of nitrogens with one attached hydrogen (secondary N) is 1. The van der Waals surface area contributed by atoms with Crippen molar-refractivity contribution in [2.24, 2.45) is 5.84 Å². The van der Waals surface area contributed by atoms with Crippen molar-refractivity contribution in [2.75, 3.05) is 12.5 Å². The average molecular weight is 291 g/mol. The summed E-state index contributed by atoms with van der Waals surface area (Å²) >= 11 is 5.88. The number of nitrogen functional groups attached to an aromatic ring is 1. The van der Waals surface area contributed by atoms with Gasteiger partial charge in [0.1, 0.15) is 4.90 Å². The van der Waals surface area contributed by atoms with E-state index in [0.29, 0.717) is 0 Å². The number of pyridine rings is 1. The van der Waals surface area contributed by atoms with Crippen LogP contribution >= 0.6 is 11.6 Å². The van der Waals surface area contributed by atoms with Crippen LogP contribution in [0, 0.1) is 0 Å². The molecule has 0 aromatic carbocycles. The SMILES string of the molecule is CN(C1CCC1)S(=O)(=O)c1cnc(NN)c(Cl)c1. The molecule has 18 heavy (non-hydrogen) atoms. The molecule has 3 N–H and O–H groups in total. The quantitative estimate of drug-likeness (QED) is 0.642. The Morgan fingerprint density at radius 2 is 2.22 bits per heavy atom. The van der Waals surface area contributed by atoms with Crippen LogP contribution in [0.3, 0.4) is 0 Å². The number of rotatable bonds is 4. The van der Waals surface area contributed by atoms with Crippen molar-refractivity contribution in [2.45, 2.75) is 30.2 Å². The highest BCUT2D eigenvalue weighted by molar-refractivity contribution is 7.89. The van der Waals surface area contributed by atoms with Crippen molar-refractivity contribution < 1.29 is 8.42 Å². The number of halogens is 1. The predicted molar refractivity (Wildman–Crippen MR) is 69.6 cm³/mol. The van der Waals surface area contributed by atoms with E-state index in [1.807, 2.05) is 0 Å². The zero-order chi connectivity index (χ0) is 13.3. The van der Waals surface area contributed by atoms with Crippen LogP contribution in [0.15, 0.2) is 17.2 Å². The van der Waals surface area contributed by atoms with Crippen molar-refractivity contribution in [3.8, 4) is 0 Å². The van der Waals surface area contributed by atoms with Gasteiger partial charge in [-0.2, -0.15) is 4.31 Å². The Bertz CT molecular complexity index is 545. The number of hydrogen-bond acceptors (Lipinski definition) is 5. The minimum absolute atomic E-state index is 0.0842.